The van der Waals surface area contributed by atoms with Gasteiger partial charge in [-0.15, -0.1) is 0 Å². The first-order valence-corrected chi connectivity index (χ1v) is 11.4. The van der Waals surface area contributed by atoms with E-state index in [1.165, 1.54) is 11.1 Å². The Morgan fingerprint density at radius 3 is 2.18 bits per heavy atom. The van der Waals surface area contributed by atoms with Gasteiger partial charge in [-0.3, -0.25) is 4.79 Å². The van der Waals surface area contributed by atoms with Crippen molar-refractivity contribution < 1.29 is 19.0 Å². The van der Waals surface area contributed by atoms with Crippen molar-refractivity contribution in [1.82, 2.24) is 5.43 Å². The zero-order valence-electron chi connectivity index (χ0n) is 20.2. The predicted molar refractivity (Wildman–Crippen MR) is 135 cm³/mol. The maximum atomic E-state index is 12.1. The number of carbonyl (C=O) groups is 1. The summed E-state index contributed by atoms with van der Waals surface area (Å²) in [5.74, 6) is 1.60. The molecule has 0 aliphatic carbocycles. The third-order valence-corrected chi connectivity index (χ3v) is 5.41. The number of hydrogen-bond donors (Lipinski definition) is 1. The molecule has 0 heterocycles. The summed E-state index contributed by atoms with van der Waals surface area (Å²) in [5.41, 5.74) is 5.54. The fourth-order valence-corrected chi connectivity index (χ4v) is 3.50. The van der Waals surface area contributed by atoms with Gasteiger partial charge in [-0.2, -0.15) is 5.10 Å². The molecule has 0 fully saturated rings. The molecule has 6 nitrogen and oxygen atoms in total. The summed E-state index contributed by atoms with van der Waals surface area (Å²) in [6.45, 7) is 9.15. The fraction of sp³-hybridized carbons (Fsp3) is 0.286. The first-order valence-electron chi connectivity index (χ1n) is 11.4. The van der Waals surface area contributed by atoms with E-state index in [1.54, 1.807) is 6.21 Å². The van der Waals surface area contributed by atoms with E-state index in [2.05, 4.69) is 36.5 Å². The molecule has 6 heteroatoms. The summed E-state index contributed by atoms with van der Waals surface area (Å²) in [5, 5.41) is 4.01. The van der Waals surface area contributed by atoms with Crippen molar-refractivity contribution in [2.45, 2.75) is 33.1 Å². The average Bonchev–Trinajstić information content (AvgIpc) is 2.85. The zero-order chi connectivity index (χ0) is 24.4. The molecule has 0 aromatic heterocycles. The Bertz CT molecular complexity index is 1090. The molecule has 0 aliphatic heterocycles. The molecule has 0 radical (unpaired) electrons. The Kier molecular flexibility index (Phi) is 8.68. The molecule has 178 valence electrons. The quantitative estimate of drug-likeness (QED) is 0.310. The lowest BCUT2D eigenvalue weighted by Crippen LogP contribution is -2.24. The lowest BCUT2D eigenvalue weighted by Gasteiger charge is -2.26. The van der Waals surface area contributed by atoms with Crippen molar-refractivity contribution in [3.63, 3.8) is 0 Å². The minimum Gasteiger partial charge on any atom is -0.490 e. The minimum absolute atomic E-state index is 0.130. The van der Waals surface area contributed by atoms with Gasteiger partial charge >= 0.3 is 0 Å². The highest BCUT2D eigenvalue weighted by Gasteiger charge is 2.22. The molecule has 0 spiro atoms. The van der Waals surface area contributed by atoms with Crippen LogP contribution < -0.4 is 19.6 Å². The SMILES string of the molecule is CCOc1ccc(/C=N/NC(=O)COc2ccc(C(C)(C)c3ccccc3)cc2)cc1OCC. The van der Waals surface area contributed by atoms with Gasteiger partial charge in [0.05, 0.1) is 19.4 Å². The van der Waals surface area contributed by atoms with Crippen LogP contribution in [0.5, 0.6) is 17.2 Å². The van der Waals surface area contributed by atoms with Gasteiger partial charge in [0.25, 0.3) is 5.91 Å². The number of nitrogens with zero attached hydrogens (tertiary/aromatic N) is 1. The van der Waals surface area contributed by atoms with Gasteiger partial charge in [0.2, 0.25) is 0 Å². The molecule has 0 bridgehead atoms. The van der Waals surface area contributed by atoms with Gasteiger partial charge in [-0.05, 0) is 60.9 Å². The van der Waals surface area contributed by atoms with Crippen LogP contribution in [0.25, 0.3) is 0 Å². The van der Waals surface area contributed by atoms with Crippen LogP contribution in [0.2, 0.25) is 0 Å². The molecule has 34 heavy (non-hydrogen) atoms. The van der Waals surface area contributed by atoms with E-state index in [1.807, 2.05) is 74.5 Å². The van der Waals surface area contributed by atoms with E-state index in [4.69, 9.17) is 14.2 Å². The van der Waals surface area contributed by atoms with Gasteiger partial charge in [0.1, 0.15) is 5.75 Å². The Morgan fingerprint density at radius 2 is 1.50 bits per heavy atom. The monoisotopic (exact) mass is 460 g/mol. The van der Waals surface area contributed by atoms with Crippen LogP contribution in [0.1, 0.15) is 44.4 Å². The van der Waals surface area contributed by atoms with E-state index in [-0.39, 0.29) is 17.9 Å². The summed E-state index contributed by atoms with van der Waals surface area (Å²) in [4.78, 5) is 12.1. The van der Waals surface area contributed by atoms with Crippen molar-refractivity contribution in [1.29, 1.82) is 0 Å². The zero-order valence-corrected chi connectivity index (χ0v) is 20.2. The molecule has 0 saturated heterocycles. The Morgan fingerprint density at radius 1 is 0.853 bits per heavy atom. The Balaban J connectivity index is 1.52. The van der Waals surface area contributed by atoms with Gasteiger partial charge < -0.3 is 14.2 Å². The Hall–Kier alpha value is -3.80. The smallest absolute Gasteiger partial charge is 0.277 e. The molecule has 0 atom stereocenters. The van der Waals surface area contributed by atoms with Crippen molar-refractivity contribution >= 4 is 12.1 Å². The number of hydrogen-bond acceptors (Lipinski definition) is 5. The van der Waals surface area contributed by atoms with E-state index in [9.17, 15) is 4.79 Å². The molecule has 3 rings (SSSR count). The van der Waals surface area contributed by atoms with Gasteiger partial charge in [0.15, 0.2) is 18.1 Å². The van der Waals surface area contributed by atoms with Crippen LogP contribution in [-0.4, -0.2) is 31.9 Å². The number of ether oxygens (including phenoxy) is 3. The lowest BCUT2D eigenvalue weighted by molar-refractivity contribution is -0.123. The maximum absolute atomic E-state index is 12.1. The largest absolute Gasteiger partial charge is 0.490 e. The maximum Gasteiger partial charge on any atom is 0.277 e. The minimum atomic E-state index is -0.346. The molecule has 3 aromatic rings. The van der Waals surface area contributed by atoms with Crippen molar-refractivity contribution in [2.24, 2.45) is 5.10 Å². The second-order valence-electron chi connectivity index (χ2n) is 8.17. The lowest BCUT2D eigenvalue weighted by atomic mass is 9.78. The van der Waals surface area contributed by atoms with Crippen LogP contribution >= 0.6 is 0 Å². The predicted octanol–water partition coefficient (Wildman–Crippen LogP) is 5.34. The molecule has 0 unspecified atom stereocenters. The van der Waals surface area contributed by atoms with E-state index in [0.29, 0.717) is 30.5 Å². The van der Waals surface area contributed by atoms with Gasteiger partial charge in [0, 0.05) is 5.41 Å². The third kappa shape index (κ3) is 6.61. The molecule has 1 amide bonds. The number of nitrogens with one attached hydrogen (secondary N) is 1. The normalized spacial score (nSPS) is 11.3. The van der Waals surface area contributed by atoms with Crippen molar-refractivity contribution in [3.8, 4) is 17.2 Å². The summed E-state index contributed by atoms with van der Waals surface area (Å²) < 4.78 is 16.8. The van der Waals surface area contributed by atoms with Crippen LogP contribution in [0.3, 0.4) is 0 Å². The first kappa shape index (κ1) is 24.8. The van der Waals surface area contributed by atoms with Crippen LogP contribution in [0.4, 0.5) is 0 Å². The number of amides is 1. The Labute approximate surface area is 201 Å². The fourth-order valence-electron chi connectivity index (χ4n) is 3.50. The second kappa shape index (κ2) is 11.9. The molecule has 0 aliphatic rings. The van der Waals surface area contributed by atoms with Crippen LogP contribution in [0.15, 0.2) is 77.9 Å². The van der Waals surface area contributed by atoms with E-state index in [0.717, 1.165) is 5.56 Å². The summed E-state index contributed by atoms with van der Waals surface area (Å²) in [6, 6.07) is 23.7. The summed E-state index contributed by atoms with van der Waals surface area (Å²) in [6.07, 6.45) is 1.55. The molecule has 0 saturated carbocycles. The van der Waals surface area contributed by atoms with E-state index < -0.39 is 0 Å². The van der Waals surface area contributed by atoms with Gasteiger partial charge in [-0.1, -0.05) is 56.3 Å². The highest BCUT2D eigenvalue weighted by molar-refractivity contribution is 5.83. The first-order chi connectivity index (χ1) is 16.4. The van der Waals surface area contributed by atoms with Crippen LogP contribution in [0, 0.1) is 0 Å². The second-order valence-corrected chi connectivity index (χ2v) is 8.17. The van der Waals surface area contributed by atoms with E-state index >= 15 is 0 Å². The highest BCUT2D eigenvalue weighted by Crippen LogP contribution is 2.32. The number of carbonyl (C=O) groups excluding carboxylic acids is 1. The number of hydrazone groups is 1. The molecule has 1 N–H and O–H groups in total. The highest BCUT2D eigenvalue weighted by atomic mass is 16.5. The van der Waals surface area contributed by atoms with Crippen molar-refractivity contribution in [3.05, 3.63) is 89.5 Å². The van der Waals surface area contributed by atoms with Crippen LogP contribution in [-0.2, 0) is 10.2 Å². The van der Waals surface area contributed by atoms with Gasteiger partial charge in [-0.25, -0.2) is 5.43 Å². The molecular weight excluding hydrogens is 428 g/mol. The molecular formula is C28H32N2O4. The third-order valence-electron chi connectivity index (χ3n) is 5.41. The summed E-state index contributed by atoms with van der Waals surface area (Å²) >= 11 is 0. The summed E-state index contributed by atoms with van der Waals surface area (Å²) in [7, 11) is 0. The van der Waals surface area contributed by atoms with Crippen molar-refractivity contribution in [2.75, 3.05) is 19.8 Å². The number of benzene rings is 3. The standard InChI is InChI=1S/C28H32N2O4/c1-5-32-25-17-12-21(18-26(25)33-6-2)19-29-30-27(31)20-34-24-15-13-23(14-16-24)28(3,4)22-10-8-7-9-11-22/h7-19H,5-6,20H2,1-4H3,(H,30,31)/b29-19+. The molecule has 3 aromatic carbocycles. The number of rotatable bonds is 11. The average molecular weight is 461 g/mol. The topological polar surface area (TPSA) is 69.2 Å².